The van der Waals surface area contributed by atoms with Gasteiger partial charge < -0.3 is 15.3 Å². The predicted octanol–water partition coefficient (Wildman–Crippen LogP) is -0.371. The molecule has 0 heterocycles. The van der Waals surface area contributed by atoms with Crippen molar-refractivity contribution in [1.29, 1.82) is 0 Å². The van der Waals surface area contributed by atoms with Gasteiger partial charge in [0, 0.05) is 26.4 Å². The summed E-state index contributed by atoms with van der Waals surface area (Å²) in [6, 6.07) is -0.525. The summed E-state index contributed by atoms with van der Waals surface area (Å²) in [5.74, 6) is -1.18. The Hall–Kier alpha value is -1.63. The summed E-state index contributed by atoms with van der Waals surface area (Å²) in [6.45, 7) is 1.10. The van der Waals surface area contributed by atoms with Gasteiger partial charge in [0.15, 0.2) is 0 Å². The first kappa shape index (κ1) is 15.4. The number of aliphatic carboxylic acids is 1. The van der Waals surface area contributed by atoms with E-state index in [9.17, 15) is 14.4 Å². The number of hydrogen-bond acceptors (Lipinski definition) is 4. The molecule has 0 aromatic heterocycles. The Kier molecular flexibility index (Phi) is 7.70. The molecule has 3 N–H and O–H groups in total. The highest BCUT2D eigenvalue weighted by Gasteiger charge is 2.07. The van der Waals surface area contributed by atoms with Crippen molar-refractivity contribution in [2.75, 3.05) is 27.2 Å². The summed E-state index contributed by atoms with van der Waals surface area (Å²) in [4.78, 5) is 34.1. The molecule has 0 bridgehead atoms. The molecule has 0 aliphatic heterocycles. The van der Waals surface area contributed by atoms with Crippen LogP contribution in [0.2, 0.25) is 0 Å². The van der Waals surface area contributed by atoms with E-state index in [0.29, 0.717) is 19.5 Å². The van der Waals surface area contributed by atoms with Gasteiger partial charge in [-0.2, -0.15) is 0 Å². The zero-order valence-electron chi connectivity index (χ0n) is 10.2. The molecule has 0 aliphatic carbocycles. The lowest BCUT2D eigenvalue weighted by molar-refractivity contribution is -0.137. The number of nitrogens with zero attached hydrogens (tertiary/aromatic N) is 1. The van der Waals surface area contributed by atoms with Gasteiger partial charge in [0.2, 0.25) is 5.91 Å². The second-order valence-corrected chi connectivity index (χ2v) is 3.68. The largest absolute Gasteiger partial charge is 0.481 e. The average Bonchev–Trinajstić information content (AvgIpc) is 2.25. The first-order valence-corrected chi connectivity index (χ1v) is 5.37. The lowest BCUT2D eigenvalue weighted by Crippen LogP contribution is -2.38. The van der Waals surface area contributed by atoms with Gasteiger partial charge in [-0.3, -0.25) is 14.9 Å². The number of carboxylic acids is 1. The first-order chi connectivity index (χ1) is 7.95. The van der Waals surface area contributed by atoms with Crippen molar-refractivity contribution in [3.05, 3.63) is 0 Å². The van der Waals surface area contributed by atoms with E-state index in [1.807, 2.05) is 4.90 Å². The number of carbonyl (C=O) groups is 3. The van der Waals surface area contributed by atoms with Gasteiger partial charge in [-0.05, 0) is 20.0 Å². The minimum atomic E-state index is -0.823. The molecule has 0 saturated carbocycles. The number of amides is 3. The molecule has 7 nitrogen and oxygen atoms in total. The number of nitrogens with one attached hydrogen (secondary N) is 2. The number of rotatable bonds is 7. The second-order valence-electron chi connectivity index (χ2n) is 3.68. The highest BCUT2D eigenvalue weighted by Crippen LogP contribution is 1.94. The van der Waals surface area contributed by atoms with Crippen LogP contribution in [0.15, 0.2) is 0 Å². The zero-order chi connectivity index (χ0) is 13.3. The average molecular weight is 245 g/mol. The fourth-order valence-electron chi connectivity index (χ4n) is 1.16. The van der Waals surface area contributed by atoms with E-state index in [0.717, 1.165) is 0 Å². The Morgan fingerprint density at radius 3 is 2.35 bits per heavy atom. The monoisotopic (exact) mass is 245 g/mol. The minimum absolute atomic E-state index is 0.120. The fraction of sp³-hybridized carbons (Fsp3) is 0.700. The van der Waals surface area contributed by atoms with Crippen LogP contribution in [0, 0.1) is 0 Å². The van der Waals surface area contributed by atoms with Gasteiger partial charge in [0.05, 0.1) is 0 Å². The molecule has 0 saturated heterocycles. The van der Waals surface area contributed by atoms with Crippen molar-refractivity contribution < 1.29 is 19.5 Å². The summed E-state index contributed by atoms with van der Waals surface area (Å²) in [5, 5.41) is 12.9. The maximum atomic E-state index is 11.2. The normalized spacial score (nSPS) is 10.1. The number of hydrogen-bond donors (Lipinski definition) is 3. The van der Waals surface area contributed by atoms with Gasteiger partial charge in [0.25, 0.3) is 0 Å². The molecule has 0 aliphatic rings. The molecule has 0 unspecified atom stereocenters. The van der Waals surface area contributed by atoms with Crippen LogP contribution >= 0.6 is 0 Å². The van der Waals surface area contributed by atoms with Crippen LogP contribution in [0.25, 0.3) is 0 Å². The summed E-state index contributed by atoms with van der Waals surface area (Å²) in [6.07, 6.45) is 0.870. The molecule has 0 radical (unpaired) electrons. The summed E-state index contributed by atoms with van der Waals surface area (Å²) in [5.41, 5.74) is 0. The molecule has 17 heavy (non-hydrogen) atoms. The number of carboxylic acid groups (broad SMARTS) is 1. The molecule has 7 heteroatoms. The van der Waals surface area contributed by atoms with Gasteiger partial charge >= 0.3 is 12.0 Å². The molecule has 0 aromatic rings. The van der Waals surface area contributed by atoms with E-state index < -0.39 is 12.0 Å². The Morgan fingerprint density at radius 1 is 1.18 bits per heavy atom. The van der Waals surface area contributed by atoms with E-state index >= 15 is 0 Å². The highest BCUT2D eigenvalue weighted by molar-refractivity contribution is 5.94. The van der Waals surface area contributed by atoms with Crippen LogP contribution in [0.1, 0.15) is 19.3 Å². The first-order valence-electron chi connectivity index (χ1n) is 5.37. The third-order valence-electron chi connectivity index (χ3n) is 2.13. The van der Waals surface area contributed by atoms with Gasteiger partial charge in [-0.15, -0.1) is 0 Å². The third kappa shape index (κ3) is 9.31. The number of imide groups is 1. The van der Waals surface area contributed by atoms with Crippen LogP contribution in [-0.2, 0) is 9.59 Å². The SMILES string of the molecule is CNC(=O)NC(=O)CCN(C)CCCC(=O)O. The quantitative estimate of drug-likeness (QED) is 0.568. The lowest BCUT2D eigenvalue weighted by Gasteiger charge is -2.15. The molecule has 0 rings (SSSR count). The van der Waals surface area contributed by atoms with E-state index in [-0.39, 0.29) is 18.7 Å². The minimum Gasteiger partial charge on any atom is -0.481 e. The van der Waals surface area contributed by atoms with Crippen molar-refractivity contribution in [2.45, 2.75) is 19.3 Å². The topological polar surface area (TPSA) is 98.7 Å². The van der Waals surface area contributed by atoms with E-state index in [4.69, 9.17) is 5.11 Å². The molecular formula is C10H19N3O4. The Labute approximate surface area is 100 Å². The Bertz CT molecular complexity index is 281. The molecule has 98 valence electrons. The van der Waals surface area contributed by atoms with Crippen LogP contribution < -0.4 is 10.6 Å². The van der Waals surface area contributed by atoms with Crippen molar-refractivity contribution >= 4 is 17.9 Å². The lowest BCUT2D eigenvalue weighted by atomic mass is 10.3. The summed E-state index contributed by atoms with van der Waals surface area (Å²) >= 11 is 0. The summed E-state index contributed by atoms with van der Waals surface area (Å²) in [7, 11) is 3.23. The maximum Gasteiger partial charge on any atom is 0.321 e. The predicted molar refractivity (Wildman–Crippen MR) is 61.6 cm³/mol. The Balaban J connectivity index is 3.62. The van der Waals surface area contributed by atoms with Crippen LogP contribution in [0.5, 0.6) is 0 Å². The van der Waals surface area contributed by atoms with Crippen LogP contribution in [-0.4, -0.2) is 55.1 Å². The number of urea groups is 1. The second kappa shape index (κ2) is 8.51. The van der Waals surface area contributed by atoms with Crippen LogP contribution in [0.3, 0.4) is 0 Å². The maximum absolute atomic E-state index is 11.2. The number of carbonyl (C=O) groups excluding carboxylic acids is 2. The molecular weight excluding hydrogens is 226 g/mol. The molecule has 0 fully saturated rings. The van der Waals surface area contributed by atoms with Gasteiger partial charge in [-0.1, -0.05) is 0 Å². The highest BCUT2D eigenvalue weighted by atomic mass is 16.4. The Morgan fingerprint density at radius 2 is 1.82 bits per heavy atom. The molecule has 0 aromatic carbocycles. The molecule has 3 amide bonds. The van der Waals surface area contributed by atoms with Crippen molar-refractivity contribution in [3.63, 3.8) is 0 Å². The zero-order valence-corrected chi connectivity index (χ0v) is 10.2. The molecule has 0 spiro atoms. The summed E-state index contributed by atoms with van der Waals surface area (Å²) < 4.78 is 0. The third-order valence-corrected chi connectivity index (χ3v) is 2.13. The van der Waals surface area contributed by atoms with E-state index in [1.165, 1.54) is 7.05 Å². The van der Waals surface area contributed by atoms with Crippen molar-refractivity contribution in [1.82, 2.24) is 15.5 Å². The van der Waals surface area contributed by atoms with Crippen molar-refractivity contribution in [3.8, 4) is 0 Å². The van der Waals surface area contributed by atoms with Gasteiger partial charge in [-0.25, -0.2) is 4.79 Å². The van der Waals surface area contributed by atoms with E-state index in [2.05, 4.69) is 10.6 Å². The smallest absolute Gasteiger partial charge is 0.321 e. The molecule has 0 atom stereocenters. The van der Waals surface area contributed by atoms with E-state index in [1.54, 1.807) is 7.05 Å². The van der Waals surface area contributed by atoms with Crippen LogP contribution in [0.4, 0.5) is 4.79 Å². The fourth-order valence-corrected chi connectivity index (χ4v) is 1.16. The standard InChI is InChI=1S/C10H19N3O4/c1-11-10(17)12-8(14)5-7-13(2)6-3-4-9(15)16/h3-7H2,1-2H3,(H,15,16)(H2,11,12,14,17). The van der Waals surface area contributed by atoms with Gasteiger partial charge in [0.1, 0.15) is 0 Å². The van der Waals surface area contributed by atoms with Crippen molar-refractivity contribution in [2.24, 2.45) is 0 Å².